The minimum atomic E-state index is -0.408. The second-order valence-electron chi connectivity index (χ2n) is 20.0. The molecule has 0 fully saturated rings. The number of fused-ring (bicyclic) bond motifs is 19. The number of rotatable bonds is 5. The van der Waals surface area contributed by atoms with Crippen LogP contribution < -0.4 is 0 Å². The number of nitrogens with zero attached hydrogens (tertiary/aromatic N) is 3. The van der Waals surface area contributed by atoms with Crippen LogP contribution in [-0.2, 0) is 5.41 Å². The highest BCUT2D eigenvalue weighted by atomic mass is 15.0. The van der Waals surface area contributed by atoms with E-state index in [1.54, 1.807) is 0 Å². The van der Waals surface area contributed by atoms with E-state index in [0.717, 1.165) is 49.9 Å². The van der Waals surface area contributed by atoms with Crippen LogP contribution in [0.5, 0.6) is 0 Å². The Balaban J connectivity index is 0.767. The standard InChI is InChI=1S/C71H43N3/c1-3-28-59-52(22-1)53-23-2-4-29-60(53)70-69(59)72-43-66(73-70)50-21-15-20-48(40-50)46-18-13-16-44(38-46)45-17-14-19-47(39-45)49-34-37-68-61(41-49)58-27-8-12-33-67(58)74(68)51-35-36-57-56-26-7-11-32-64(56)71(65(57)42-51)62-30-9-5-24-54(62)55-25-6-10-31-63(55)71/h1-43H. The van der Waals surface area contributed by atoms with Gasteiger partial charge in [0.05, 0.1) is 39.4 Å². The molecule has 0 unspecified atom stereocenters. The van der Waals surface area contributed by atoms with E-state index in [1.165, 1.54) is 99.3 Å². The van der Waals surface area contributed by atoms with Crippen molar-refractivity contribution in [3.63, 3.8) is 0 Å². The Morgan fingerprint density at radius 3 is 1.32 bits per heavy atom. The molecule has 0 N–H and O–H groups in total. The van der Waals surface area contributed by atoms with Crippen molar-refractivity contribution in [3.8, 4) is 72.6 Å². The third-order valence-corrected chi connectivity index (χ3v) is 16.2. The van der Waals surface area contributed by atoms with Crippen LogP contribution >= 0.6 is 0 Å². The van der Waals surface area contributed by atoms with Gasteiger partial charge in [0, 0.05) is 32.8 Å². The average Bonchev–Trinajstić information content (AvgIpc) is 4.08. The minimum Gasteiger partial charge on any atom is -0.309 e. The third-order valence-electron chi connectivity index (χ3n) is 16.2. The first-order valence-electron chi connectivity index (χ1n) is 25.5. The molecule has 16 rings (SSSR count). The normalized spacial score (nSPS) is 13.0. The summed E-state index contributed by atoms with van der Waals surface area (Å²) in [7, 11) is 0. The van der Waals surface area contributed by atoms with Gasteiger partial charge in [-0.2, -0.15) is 0 Å². The SMILES string of the molecule is c1cc(-c2cccc(-c3ccc4c(c3)c3ccccc3n4-c3ccc4c(c3)C3(c5ccccc5-c5ccccc53)c3ccccc3-4)c2)cc(-c2cccc(-c3cnc4c5ccccc5c5ccccc5c4n3)c2)c1. The lowest BCUT2D eigenvalue weighted by Gasteiger charge is -2.30. The van der Waals surface area contributed by atoms with Gasteiger partial charge in [-0.1, -0.05) is 206 Å². The molecule has 12 aromatic carbocycles. The molecule has 2 aliphatic carbocycles. The van der Waals surface area contributed by atoms with Crippen LogP contribution in [-0.4, -0.2) is 14.5 Å². The topological polar surface area (TPSA) is 30.7 Å². The molecule has 1 spiro atoms. The molecule has 0 saturated heterocycles. The number of hydrogen-bond acceptors (Lipinski definition) is 2. The van der Waals surface area contributed by atoms with Crippen molar-refractivity contribution in [2.24, 2.45) is 0 Å². The van der Waals surface area contributed by atoms with E-state index >= 15 is 0 Å². The lowest BCUT2D eigenvalue weighted by molar-refractivity contribution is 0.792. The second-order valence-corrected chi connectivity index (χ2v) is 20.0. The maximum absolute atomic E-state index is 5.30. The van der Waals surface area contributed by atoms with Crippen LogP contribution in [0.15, 0.2) is 261 Å². The van der Waals surface area contributed by atoms with Crippen LogP contribution in [0.25, 0.3) is 127 Å². The summed E-state index contributed by atoms with van der Waals surface area (Å²) in [6.45, 7) is 0. The highest BCUT2D eigenvalue weighted by Gasteiger charge is 2.51. The van der Waals surface area contributed by atoms with E-state index in [2.05, 4.69) is 259 Å². The predicted molar refractivity (Wildman–Crippen MR) is 307 cm³/mol. The molecule has 0 saturated carbocycles. The summed E-state index contributed by atoms with van der Waals surface area (Å²) in [5.74, 6) is 0. The number of aromatic nitrogens is 3. The van der Waals surface area contributed by atoms with Gasteiger partial charge < -0.3 is 4.57 Å². The number of para-hydroxylation sites is 1. The molecule has 3 heteroatoms. The van der Waals surface area contributed by atoms with Crippen molar-refractivity contribution in [2.75, 3.05) is 0 Å². The van der Waals surface area contributed by atoms with Crippen molar-refractivity contribution in [1.29, 1.82) is 0 Å². The largest absolute Gasteiger partial charge is 0.309 e. The van der Waals surface area contributed by atoms with Crippen LogP contribution in [0.1, 0.15) is 22.3 Å². The molecule has 2 aliphatic rings. The van der Waals surface area contributed by atoms with Gasteiger partial charge >= 0.3 is 0 Å². The first-order valence-corrected chi connectivity index (χ1v) is 25.5. The second kappa shape index (κ2) is 15.6. The van der Waals surface area contributed by atoms with E-state index in [4.69, 9.17) is 9.97 Å². The Morgan fingerprint density at radius 2 is 0.730 bits per heavy atom. The quantitative estimate of drug-likeness (QED) is 0.161. The summed E-state index contributed by atoms with van der Waals surface area (Å²) in [5.41, 5.74) is 24.5. The van der Waals surface area contributed by atoms with E-state index < -0.39 is 5.41 Å². The maximum atomic E-state index is 5.30. The van der Waals surface area contributed by atoms with Crippen LogP contribution in [0.3, 0.4) is 0 Å². The molecule has 0 radical (unpaired) electrons. The lowest BCUT2D eigenvalue weighted by Crippen LogP contribution is -2.26. The zero-order valence-corrected chi connectivity index (χ0v) is 40.2. The molecular weight excluding hydrogens is 895 g/mol. The molecule has 0 aliphatic heterocycles. The minimum absolute atomic E-state index is 0.408. The molecule has 0 atom stereocenters. The highest BCUT2D eigenvalue weighted by molar-refractivity contribution is 6.23. The summed E-state index contributed by atoms with van der Waals surface area (Å²) in [4.78, 5) is 10.3. The van der Waals surface area contributed by atoms with E-state index in [9.17, 15) is 0 Å². The molecule has 14 aromatic rings. The molecule has 3 nitrogen and oxygen atoms in total. The zero-order chi connectivity index (χ0) is 48.5. The molecule has 342 valence electrons. The van der Waals surface area contributed by atoms with Crippen molar-refractivity contribution in [3.05, 3.63) is 283 Å². The molecule has 2 heterocycles. The number of hydrogen-bond donors (Lipinski definition) is 0. The van der Waals surface area contributed by atoms with Gasteiger partial charge in [0.1, 0.15) is 0 Å². The van der Waals surface area contributed by atoms with Gasteiger partial charge in [-0.05, 0) is 137 Å². The van der Waals surface area contributed by atoms with Gasteiger partial charge in [0.15, 0.2) is 0 Å². The first kappa shape index (κ1) is 41.0. The summed E-state index contributed by atoms with van der Waals surface area (Å²) in [6, 6.07) is 93.9. The Kier molecular flexibility index (Phi) is 8.66. The van der Waals surface area contributed by atoms with E-state index in [-0.39, 0.29) is 0 Å². The predicted octanol–water partition coefficient (Wildman–Crippen LogP) is 18.0. The fraction of sp³-hybridized carbons (Fsp3) is 0.0141. The van der Waals surface area contributed by atoms with Crippen LogP contribution in [0.2, 0.25) is 0 Å². The average molecular weight is 938 g/mol. The van der Waals surface area contributed by atoms with Crippen molar-refractivity contribution in [1.82, 2.24) is 14.5 Å². The van der Waals surface area contributed by atoms with Crippen LogP contribution in [0.4, 0.5) is 0 Å². The summed E-state index contributed by atoms with van der Waals surface area (Å²) < 4.78 is 2.48. The Labute approximate surface area is 428 Å². The fourth-order valence-electron chi connectivity index (χ4n) is 13.0. The molecule has 74 heavy (non-hydrogen) atoms. The molecule has 0 amide bonds. The summed E-state index contributed by atoms with van der Waals surface area (Å²) >= 11 is 0. The first-order chi connectivity index (χ1) is 36.7. The Hall–Kier alpha value is -9.70. The number of benzene rings is 12. The smallest absolute Gasteiger partial charge is 0.0979 e. The van der Waals surface area contributed by atoms with Crippen molar-refractivity contribution in [2.45, 2.75) is 5.41 Å². The van der Waals surface area contributed by atoms with E-state index in [0.29, 0.717) is 0 Å². The van der Waals surface area contributed by atoms with Crippen molar-refractivity contribution < 1.29 is 0 Å². The lowest BCUT2D eigenvalue weighted by atomic mass is 9.70. The van der Waals surface area contributed by atoms with Gasteiger partial charge in [-0.25, -0.2) is 4.98 Å². The molecular formula is C71H43N3. The fourth-order valence-corrected chi connectivity index (χ4v) is 13.0. The van der Waals surface area contributed by atoms with Gasteiger partial charge in [0.25, 0.3) is 0 Å². The van der Waals surface area contributed by atoms with Crippen molar-refractivity contribution >= 4 is 54.4 Å². The van der Waals surface area contributed by atoms with Crippen LogP contribution in [0, 0.1) is 0 Å². The Bertz CT molecular complexity index is 4590. The maximum Gasteiger partial charge on any atom is 0.0979 e. The third kappa shape index (κ3) is 5.78. The molecule has 0 bridgehead atoms. The Morgan fingerprint density at radius 1 is 0.284 bits per heavy atom. The summed E-state index contributed by atoms with van der Waals surface area (Å²) in [5, 5.41) is 7.10. The monoisotopic (exact) mass is 937 g/mol. The van der Waals surface area contributed by atoms with Gasteiger partial charge in [-0.15, -0.1) is 0 Å². The molecule has 2 aromatic heterocycles. The zero-order valence-electron chi connectivity index (χ0n) is 40.2. The van der Waals surface area contributed by atoms with Gasteiger partial charge in [-0.3, -0.25) is 4.98 Å². The van der Waals surface area contributed by atoms with Gasteiger partial charge in [0.2, 0.25) is 0 Å². The van der Waals surface area contributed by atoms with E-state index in [1.807, 2.05) is 6.20 Å². The summed E-state index contributed by atoms with van der Waals surface area (Å²) in [6.07, 6.45) is 1.93. The highest BCUT2D eigenvalue weighted by Crippen LogP contribution is 2.63.